The largest absolute Gasteiger partial charge is 0.311 e. The van der Waals surface area contributed by atoms with Gasteiger partial charge < -0.3 is 28.7 Å². The highest BCUT2D eigenvalue weighted by molar-refractivity contribution is 7.03. The van der Waals surface area contributed by atoms with Gasteiger partial charge in [-0.3, -0.25) is 0 Å². The van der Waals surface area contributed by atoms with Crippen LogP contribution in [0.1, 0.15) is 127 Å². The summed E-state index contributed by atoms with van der Waals surface area (Å²) < 4.78 is 161. The van der Waals surface area contributed by atoms with Gasteiger partial charge in [0.2, 0.25) is 0 Å². The molecule has 4 aliphatic rings. The van der Waals surface area contributed by atoms with Crippen molar-refractivity contribution in [1.29, 1.82) is 0 Å². The van der Waals surface area contributed by atoms with E-state index in [4.69, 9.17) is 0 Å². The van der Waals surface area contributed by atoms with Gasteiger partial charge in [-0.15, -0.1) is 0 Å². The molecule has 0 amide bonds. The summed E-state index contributed by atoms with van der Waals surface area (Å²) in [5.41, 5.74) is 23.9. The average molecular weight is 1640 g/mol. The Morgan fingerprint density at radius 3 is 0.889 bits per heavy atom. The lowest BCUT2D eigenvalue weighted by Crippen LogP contribution is -2.65. The summed E-state index contributed by atoms with van der Waals surface area (Å²) in [6.45, 7) is 25.0. The Bertz CT molecular complexity index is 8410. The normalized spacial score (nSPS) is 15.2. The van der Waals surface area contributed by atoms with Gasteiger partial charge in [-0.2, -0.15) is 0 Å². The first kappa shape index (κ1) is 61.1. The molecule has 606 valence electrons. The number of rotatable bonds is 10. The number of para-hydroxylation sites is 6. The van der Waals surface area contributed by atoms with Crippen molar-refractivity contribution in [2.75, 3.05) is 19.6 Å². The van der Waals surface area contributed by atoms with Crippen molar-refractivity contribution in [3.05, 3.63) is 398 Å². The van der Waals surface area contributed by atoms with E-state index in [1.807, 2.05) is 78.9 Å². The summed E-state index contributed by atoms with van der Waals surface area (Å²) in [6.07, 6.45) is 0. The first-order valence-electron chi connectivity index (χ1n) is 51.5. The molecule has 0 atom stereocenters. The number of hydrogen-bond acceptors (Lipinski definition) is 4. The van der Waals surface area contributed by atoms with E-state index in [0.29, 0.717) is 51.2 Å². The summed E-state index contributed by atoms with van der Waals surface area (Å²) >= 11 is 0. The summed E-state index contributed by atoms with van der Waals surface area (Å²) in [4.78, 5) is 9.43. The van der Waals surface area contributed by atoms with Crippen LogP contribution in [0.25, 0.3) is 99.5 Å². The molecule has 0 N–H and O–H groups in total. The van der Waals surface area contributed by atoms with E-state index in [1.54, 1.807) is 9.13 Å². The van der Waals surface area contributed by atoms with Crippen molar-refractivity contribution in [3.8, 4) is 55.9 Å². The van der Waals surface area contributed by atoms with Crippen molar-refractivity contribution < 1.29 is 21.9 Å². The third kappa shape index (κ3) is 12.1. The molecule has 0 saturated carbocycles. The van der Waals surface area contributed by atoms with Crippen LogP contribution in [0.5, 0.6) is 0 Å². The van der Waals surface area contributed by atoms with Crippen molar-refractivity contribution in [2.45, 2.75) is 105 Å². The van der Waals surface area contributed by atoms with Gasteiger partial charge in [0.1, 0.15) is 0 Å². The van der Waals surface area contributed by atoms with Crippen LogP contribution >= 0.6 is 0 Å². The fraction of sp³-hybridized carbons (Fsp3) is 0.136. The maximum Gasteiger partial charge on any atom is 0.252 e. The van der Waals surface area contributed by atoms with Crippen LogP contribution in [-0.4, -0.2) is 22.6 Å². The SMILES string of the molecule is [2H]c1c([2H])c([2H])c2c(c1[2H])c1c([2H])c([2H])c([2H])c([2H])c1n2-c1cc2c3c(c1)N(c1c(-c4ccccc4)cccc1-c1ccccc1)c1cc(C(C)(C)C)ccc1B3c1cc3c(cc1N2c1ccc(C(C)(C)C)cc1)N(c1c(-c2ccccc2)cccc1-c1ccccc1)c1cc(-n2c4c([2H])c([2H])c([2H])c([2H])c4c4c([2H])c([2H])c([2H])c([2H])c42)cc2c1B3c1ccc(C(C)(C)C)cc1N2c1cccc(C(C)(C)C)c1. The van der Waals surface area contributed by atoms with Crippen LogP contribution in [0.15, 0.2) is 376 Å². The van der Waals surface area contributed by atoms with Crippen LogP contribution in [0.2, 0.25) is 0 Å². The molecule has 0 unspecified atom stereocenters. The van der Waals surface area contributed by atoms with Gasteiger partial charge in [0.25, 0.3) is 13.4 Å². The van der Waals surface area contributed by atoms with Gasteiger partial charge >= 0.3 is 0 Å². The third-order valence-corrected chi connectivity index (χ3v) is 26.4. The Balaban J connectivity index is 0.956. The van der Waals surface area contributed by atoms with Gasteiger partial charge in [0, 0.05) is 101 Å². The smallest absolute Gasteiger partial charge is 0.252 e. The molecule has 4 aliphatic heterocycles. The molecule has 0 bridgehead atoms. The second kappa shape index (κ2) is 28.6. The molecule has 0 aliphatic carbocycles. The lowest BCUT2D eigenvalue weighted by molar-refractivity contribution is 0.590. The minimum atomic E-state index is -0.729. The number of anilines is 12. The summed E-state index contributed by atoms with van der Waals surface area (Å²) in [5.74, 6) is 0. The van der Waals surface area contributed by atoms with Gasteiger partial charge in [-0.25, -0.2) is 0 Å². The standard InChI is InChI=1S/C118H98B2N6/c1-115(2,3)79-58-62-83(63-59-79)121-105-74-106-98(73-97(105)120-96-65-61-82(118(10,11)12)68-104(96)125(113-87(75-36-17-13-18-37-75)50-34-51-88(113)76-38-19-14-20-39-76)109-71-85(69-107(121)111(109)120)123-99-54-29-25-46-91(99)92-47-26-30-55-100(92)123)119-95-64-60-81(117(7,8)9)67-103(95)122(84-45-33-44-80(66-84)116(4,5)6)108-70-86(124-101-56-31-27-48-93(101)94-49-28-32-57-102(94)124)72-110(112(108)119)126(106)114-89(77-40-21-15-22-41-77)52-35-53-90(114)78-42-23-16-24-43-78/h13-74H,1-12H3/i25D,26D,27D,28D,29D,30D,31D,32D,46D,47D,48D,49D,54D,55D,56D,57D. The molecule has 126 heavy (non-hydrogen) atoms. The van der Waals surface area contributed by atoms with Gasteiger partial charge in [-0.05, 0) is 190 Å². The van der Waals surface area contributed by atoms with Crippen LogP contribution in [0, 0.1) is 0 Å². The van der Waals surface area contributed by atoms with Crippen molar-refractivity contribution in [1.82, 2.24) is 9.13 Å². The number of nitrogens with zero attached hydrogens (tertiary/aromatic N) is 6. The Morgan fingerprint density at radius 2 is 0.524 bits per heavy atom. The van der Waals surface area contributed by atoms with Crippen LogP contribution in [-0.2, 0) is 21.7 Å². The fourth-order valence-corrected chi connectivity index (χ4v) is 20.2. The van der Waals surface area contributed by atoms with E-state index in [9.17, 15) is 21.9 Å². The number of benzene rings is 17. The maximum absolute atomic E-state index is 10.3. The molecule has 0 spiro atoms. The Morgan fingerprint density at radius 1 is 0.222 bits per heavy atom. The second-order valence-corrected chi connectivity index (χ2v) is 38.1. The molecule has 8 heteroatoms. The van der Waals surface area contributed by atoms with E-state index in [-0.39, 0.29) is 54.4 Å². The van der Waals surface area contributed by atoms with Crippen molar-refractivity contribution >= 4 is 158 Å². The molecule has 0 fully saturated rings. The van der Waals surface area contributed by atoms with Gasteiger partial charge in [0.15, 0.2) is 0 Å². The highest BCUT2D eigenvalue weighted by Crippen LogP contribution is 2.57. The maximum atomic E-state index is 10.3. The predicted octanol–water partition coefficient (Wildman–Crippen LogP) is 27.9. The molecule has 19 aromatic rings. The average Bonchev–Trinajstić information content (AvgIpc) is 1.01. The fourth-order valence-electron chi connectivity index (χ4n) is 20.2. The van der Waals surface area contributed by atoms with E-state index in [1.165, 1.54) is 0 Å². The Labute approximate surface area is 763 Å². The number of fused-ring (bicyclic) bond motifs is 14. The van der Waals surface area contributed by atoms with E-state index in [2.05, 4.69) is 303 Å². The molecule has 0 radical (unpaired) electrons. The zero-order chi connectivity index (χ0) is 99.5. The highest BCUT2D eigenvalue weighted by Gasteiger charge is 2.51. The molecule has 0 saturated heterocycles. The second-order valence-electron chi connectivity index (χ2n) is 38.1. The molecule has 23 rings (SSSR count). The summed E-state index contributed by atoms with van der Waals surface area (Å²) in [6, 6.07) is 90.1. The van der Waals surface area contributed by atoms with Gasteiger partial charge in [-0.1, -0.05) is 368 Å². The van der Waals surface area contributed by atoms with Gasteiger partial charge in [0.05, 0.1) is 66.7 Å². The third-order valence-electron chi connectivity index (χ3n) is 26.4. The quantitative estimate of drug-likeness (QED) is 0.127. The Hall–Kier alpha value is -14.3. The summed E-state index contributed by atoms with van der Waals surface area (Å²) in [7, 11) is 0. The van der Waals surface area contributed by atoms with E-state index >= 15 is 0 Å². The lowest BCUT2D eigenvalue weighted by Gasteiger charge is -2.48. The van der Waals surface area contributed by atoms with Crippen molar-refractivity contribution in [2.24, 2.45) is 0 Å². The Kier molecular flexibility index (Phi) is 13.9. The van der Waals surface area contributed by atoms with Crippen molar-refractivity contribution in [3.63, 3.8) is 0 Å². The molecule has 2 aromatic heterocycles. The highest BCUT2D eigenvalue weighted by atomic mass is 15.2. The minimum absolute atomic E-state index is 0.0522. The zero-order valence-electron chi connectivity index (χ0n) is 88.4. The molecular formula is C118H98B2N6. The lowest BCUT2D eigenvalue weighted by atomic mass is 9.30. The number of aromatic nitrogens is 2. The summed E-state index contributed by atoms with van der Waals surface area (Å²) in [5, 5.41) is -0.303. The molecular weight excluding hydrogens is 1520 g/mol. The topological polar surface area (TPSA) is 22.8 Å². The number of hydrogen-bond donors (Lipinski definition) is 0. The van der Waals surface area contributed by atoms with E-state index < -0.39 is 121 Å². The monoisotopic (exact) mass is 1640 g/mol. The first-order valence-corrected chi connectivity index (χ1v) is 43.5. The molecule has 6 nitrogen and oxygen atoms in total. The zero-order valence-corrected chi connectivity index (χ0v) is 72.4. The minimum Gasteiger partial charge on any atom is -0.311 e. The molecule has 17 aromatic carbocycles. The van der Waals surface area contributed by atoms with Crippen LogP contribution in [0.3, 0.4) is 0 Å². The predicted molar refractivity (Wildman–Crippen MR) is 540 cm³/mol. The molecule has 6 heterocycles. The first-order chi connectivity index (χ1) is 67.7. The van der Waals surface area contributed by atoms with Crippen LogP contribution in [0.4, 0.5) is 68.2 Å². The van der Waals surface area contributed by atoms with E-state index in [0.717, 1.165) is 128 Å². The van der Waals surface area contributed by atoms with Crippen LogP contribution < -0.4 is 52.4 Å².